The lowest BCUT2D eigenvalue weighted by atomic mass is 10.1. The van der Waals surface area contributed by atoms with Crippen molar-refractivity contribution in [3.8, 4) is 0 Å². The zero-order valence-corrected chi connectivity index (χ0v) is 13.1. The molecular weight excluding hydrogens is 264 g/mol. The van der Waals surface area contributed by atoms with Gasteiger partial charge in [0.1, 0.15) is 0 Å². The first-order valence-electron chi connectivity index (χ1n) is 7.47. The molecule has 0 radical (unpaired) electrons. The number of rotatable bonds is 7. The average molecular weight is 288 g/mol. The molecule has 0 aliphatic heterocycles. The van der Waals surface area contributed by atoms with Crippen LogP contribution in [-0.4, -0.2) is 42.1 Å². The summed E-state index contributed by atoms with van der Waals surface area (Å²) in [5, 5.41) is 1.21. The zero-order valence-electron chi connectivity index (χ0n) is 13.1. The fourth-order valence-corrected chi connectivity index (χ4v) is 2.58. The fourth-order valence-electron chi connectivity index (χ4n) is 2.58. The van der Waals surface area contributed by atoms with E-state index in [1.165, 1.54) is 10.9 Å². The largest absolute Gasteiger partial charge is 0.383 e. The van der Waals surface area contributed by atoms with E-state index in [1.807, 2.05) is 37.1 Å². The van der Waals surface area contributed by atoms with Gasteiger partial charge in [0.2, 0.25) is 5.91 Å². The number of carbonyl (C=O) groups excluding carboxylic acids is 1. The Kier molecular flexibility index (Phi) is 5.39. The van der Waals surface area contributed by atoms with Crippen molar-refractivity contribution >= 4 is 16.8 Å². The van der Waals surface area contributed by atoms with Crippen LogP contribution in [0.2, 0.25) is 0 Å². The highest BCUT2D eigenvalue weighted by Gasteiger charge is 2.16. The molecule has 1 aromatic carbocycles. The Morgan fingerprint density at radius 2 is 2.10 bits per heavy atom. The summed E-state index contributed by atoms with van der Waals surface area (Å²) in [6.45, 7) is 5.32. The number of hydrogen-bond donors (Lipinski definition) is 1. The van der Waals surface area contributed by atoms with Crippen LogP contribution in [0.4, 0.5) is 0 Å². The van der Waals surface area contributed by atoms with Gasteiger partial charge in [-0.1, -0.05) is 18.2 Å². The van der Waals surface area contributed by atoms with Crippen LogP contribution in [0, 0.1) is 0 Å². The van der Waals surface area contributed by atoms with Crippen molar-refractivity contribution in [2.75, 3.05) is 20.3 Å². The Balaban J connectivity index is 1.99. The second kappa shape index (κ2) is 7.27. The third-order valence-corrected chi connectivity index (χ3v) is 3.76. The van der Waals surface area contributed by atoms with Gasteiger partial charge in [0.15, 0.2) is 0 Å². The van der Waals surface area contributed by atoms with E-state index in [0.717, 1.165) is 11.9 Å². The summed E-state index contributed by atoms with van der Waals surface area (Å²) in [7, 11) is 1.66. The maximum absolute atomic E-state index is 12.4. The summed E-state index contributed by atoms with van der Waals surface area (Å²) < 4.78 is 5.08. The number of H-pyrrole nitrogens is 1. The standard InChI is InChI=1S/C17H24N2O2/c1-13(2)19(10-11-21-3)17(20)9-8-14-12-18-16-7-5-4-6-15(14)16/h4-7,12-13,18H,8-11H2,1-3H3. The maximum Gasteiger partial charge on any atom is 0.223 e. The monoisotopic (exact) mass is 288 g/mol. The lowest BCUT2D eigenvalue weighted by Crippen LogP contribution is -2.39. The van der Waals surface area contributed by atoms with Crippen LogP contribution in [0.3, 0.4) is 0 Å². The van der Waals surface area contributed by atoms with Crippen LogP contribution in [-0.2, 0) is 16.0 Å². The lowest BCUT2D eigenvalue weighted by Gasteiger charge is -2.26. The minimum atomic E-state index is 0.187. The quantitative estimate of drug-likeness (QED) is 0.851. The summed E-state index contributed by atoms with van der Waals surface area (Å²) in [5.41, 5.74) is 2.33. The van der Waals surface area contributed by atoms with E-state index in [4.69, 9.17) is 4.74 Å². The molecule has 0 spiro atoms. The number of nitrogens with one attached hydrogen (secondary N) is 1. The molecule has 1 heterocycles. The third kappa shape index (κ3) is 3.85. The van der Waals surface area contributed by atoms with E-state index < -0.39 is 0 Å². The first-order chi connectivity index (χ1) is 10.1. The van der Waals surface area contributed by atoms with Gasteiger partial charge in [-0.05, 0) is 31.9 Å². The first-order valence-corrected chi connectivity index (χ1v) is 7.47. The van der Waals surface area contributed by atoms with Gasteiger partial charge >= 0.3 is 0 Å². The minimum absolute atomic E-state index is 0.187. The predicted molar refractivity (Wildman–Crippen MR) is 85.3 cm³/mol. The number of aromatic nitrogens is 1. The average Bonchev–Trinajstić information content (AvgIpc) is 2.88. The molecule has 0 aliphatic rings. The number of benzene rings is 1. The zero-order chi connectivity index (χ0) is 15.2. The summed E-state index contributed by atoms with van der Waals surface area (Å²) in [5.74, 6) is 0.187. The second-order valence-electron chi connectivity index (χ2n) is 5.53. The molecule has 0 saturated carbocycles. The van der Waals surface area contributed by atoms with Crippen LogP contribution < -0.4 is 0 Å². The molecule has 1 aromatic heterocycles. The van der Waals surface area contributed by atoms with E-state index in [-0.39, 0.29) is 11.9 Å². The van der Waals surface area contributed by atoms with Gasteiger partial charge in [-0.25, -0.2) is 0 Å². The number of hydrogen-bond acceptors (Lipinski definition) is 2. The molecule has 4 heteroatoms. The molecule has 0 aliphatic carbocycles. The molecule has 21 heavy (non-hydrogen) atoms. The van der Waals surface area contributed by atoms with Crippen molar-refractivity contribution in [3.05, 3.63) is 36.0 Å². The highest BCUT2D eigenvalue weighted by atomic mass is 16.5. The van der Waals surface area contributed by atoms with Crippen molar-refractivity contribution in [2.24, 2.45) is 0 Å². The van der Waals surface area contributed by atoms with Crippen molar-refractivity contribution < 1.29 is 9.53 Å². The van der Waals surface area contributed by atoms with E-state index in [2.05, 4.69) is 17.1 Å². The number of nitrogens with zero attached hydrogens (tertiary/aromatic N) is 1. The fraction of sp³-hybridized carbons (Fsp3) is 0.471. The van der Waals surface area contributed by atoms with Crippen LogP contribution in [0.25, 0.3) is 10.9 Å². The molecule has 0 fully saturated rings. The number of para-hydroxylation sites is 1. The van der Waals surface area contributed by atoms with Crippen molar-refractivity contribution in [2.45, 2.75) is 32.7 Å². The van der Waals surface area contributed by atoms with Crippen LogP contribution in [0.1, 0.15) is 25.8 Å². The van der Waals surface area contributed by atoms with Crippen LogP contribution >= 0.6 is 0 Å². The SMILES string of the molecule is COCCN(C(=O)CCc1c[nH]c2ccccc12)C(C)C. The maximum atomic E-state index is 12.4. The van der Waals surface area contributed by atoms with E-state index in [9.17, 15) is 4.79 Å². The molecule has 0 saturated heterocycles. The van der Waals surface area contributed by atoms with Gasteiger partial charge in [-0.2, -0.15) is 0 Å². The third-order valence-electron chi connectivity index (χ3n) is 3.76. The smallest absolute Gasteiger partial charge is 0.223 e. The molecule has 2 aromatic rings. The molecule has 0 bridgehead atoms. The molecule has 114 valence electrons. The highest BCUT2D eigenvalue weighted by Crippen LogP contribution is 2.19. The van der Waals surface area contributed by atoms with Gasteiger partial charge in [0, 0.05) is 43.2 Å². The van der Waals surface area contributed by atoms with Gasteiger partial charge in [0.25, 0.3) is 0 Å². The first kappa shape index (κ1) is 15.6. The lowest BCUT2D eigenvalue weighted by molar-refractivity contribution is -0.133. The summed E-state index contributed by atoms with van der Waals surface area (Å²) in [6.07, 6.45) is 3.30. The van der Waals surface area contributed by atoms with Crippen molar-refractivity contribution in [1.82, 2.24) is 9.88 Å². The molecule has 2 rings (SSSR count). The topological polar surface area (TPSA) is 45.3 Å². The number of aromatic amines is 1. The molecule has 0 atom stereocenters. The number of ether oxygens (including phenoxy) is 1. The number of aryl methyl sites for hydroxylation is 1. The summed E-state index contributed by atoms with van der Waals surface area (Å²) in [6, 6.07) is 8.39. The van der Waals surface area contributed by atoms with Crippen molar-refractivity contribution in [1.29, 1.82) is 0 Å². The highest BCUT2D eigenvalue weighted by molar-refractivity contribution is 5.84. The number of amides is 1. The van der Waals surface area contributed by atoms with Crippen LogP contribution in [0.15, 0.2) is 30.5 Å². The molecular formula is C17H24N2O2. The Hall–Kier alpha value is -1.81. The van der Waals surface area contributed by atoms with E-state index in [1.54, 1.807) is 7.11 Å². The number of fused-ring (bicyclic) bond motifs is 1. The summed E-state index contributed by atoms with van der Waals surface area (Å²) >= 11 is 0. The number of methoxy groups -OCH3 is 1. The Bertz CT molecular complexity index is 589. The van der Waals surface area contributed by atoms with Gasteiger partial charge in [0.05, 0.1) is 6.61 Å². The van der Waals surface area contributed by atoms with Gasteiger partial charge < -0.3 is 14.6 Å². The molecule has 4 nitrogen and oxygen atoms in total. The van der Waals surface area contributed by atoms with E-state index >= 15 is 0 Å². The molecule has 0 unspecified atom stereocenters. The van der Waals surface area contributed by atoms with Gasteiger partial charge in [-0.3, -0.25) is 4.79 Å². The Morgan fingerprint density at radius 3 is 2.81 bits per heavy atom. The predicted octanol–water partition coefficient (Wildman–Crippen LogP) is 2.98. The molecule has 1 N–H and O–H groups in total. The van der Waals surface area contributed by atoms with Crippen molar-refractivity contribution in [3.63, 3.8) is 0 Å². The van der Waals surface area contributed by atoms with Gasteiger partial charge in [-0.15, -0.1) is 0 Å². The van der Waals surface area contributed by atoms with E-state index in [0.29, 0.717) is 19.6 Å². The second-order valence-corrected chi connectivity index (χ2v) is 5.53. The Labute approximate surface area is 126 Å². The summed E-state index contributed by atoms with van der Waals surface area (Å²) in [4.78, 5) is 17.5. The van der Waals surface area contributed by atoms with Crippen LogP contribution in [0.5, 0.6) is 0 Å². The number of carbonyl (C=O) groups is 1. The normalized spacial score (nSPS) is 11.2. The Morgan fingerprint density at radius 1 is 1.33 bits per heavy atom. The molecule has 1 amide bonds. The minimum Gasteiger partial charge on any atom is -0.383 e.